The Morgan fingerprint density at radius 2 is 1.78 bits per heavy atom. The smallest absolute Gasteiger partial charge is 0.215 e. The number of ether oxygens (including phenoxy) is 1. The molecule has 1 N–H and O–H groups in total. The molecule has 0 radical (unpaired) electrons. The van der Waals surface area contributed by atoms with E-state index in [1.165, 1.54) is 4.31 Å². The third-order valence-electron chi connectivity index (χ3n) is 3.35. The second-order valence-corrected chi connectivity index (χ2v) is 9.37. The normalized spacial score (nSPS) is 17.3. The minimum atomic E-state index is -3.65. The van der Waals surface area contributed by atoms with Crippen LogP contribution in [0.15, 0.2) is 24.3 Å². The highest BCUT2D eigenvalue weighted by Gasteiger charge is 2.24. The van der Waals surface area contributed by atoms with Gasteiger partial charge in [-0.3, -0.25) is 0 Å². The second-order valence-electron chi connectivity index (χ2n) is 5.07. The summed E-state index contributed by atoms with van der Waals surface area (Å²) in [6.07, 6.45) is 0. The highest BCUT2D eigenvalue weighted by molar-refractivity contribution is 7.89. The molecule has 0 aliphatic carbocycles. The van der Waals surface area contributed by atoms with Crippen LogP contribution in [0.3, 0.4) is 0 Å². The van der Waals surface area contributed by atoms with Gasteiger partial charge in [-0.2, -0.15) is 4.31 Å². The van der Waals surface area contributed by atoms with Gasteiger partial charge in [-0.15, -0.1) is 0 Å². The predicted octanol–water partition coefficient (Wildman–Crippen LogP) is 0.421. The lowest BCUT2D eigenvalue weighted by Crippen LogP contribution is -2.43. The van der Waals surface area contributed by atoms with Gasteiger partial charge in [0.15, 0.2) is 0 Å². The van der Waals surface area contributed by atoms with Crippen LogP contribution in [0.4, 0.5) is 0 Å². The van der Waals surface area contributed by atoms with Crippen molar-refractivity contribution in [1.29, 1.82) is 0 Å². The maximum atomic E-state index is 12.1. The van der Waals surface area contributed by atoms with Gasteiger partial charge in [0.2, 0.25) is 20.0 Å². The fourth-order valence-electron chi connectivity index (χ4n) is 2.15. The first kappa shape index (κ1) is 18.6. The Balaban J connectivity index is 1.88. The number of hydrogen-bond donors (Lipinski definition) is 1. The molecular weight excluding hydrogens is 364 g/mol. The fourth-order valence-corrected chi connectivity index (χ4v) is 5.06. The quantitative estimate of drug-likeness (QED) is 0.737. The molecule has 0 spiro atoms. The van der Waals surface area contributed by atoms with Crippen LogP contribution in [-0.4, -0.2) is 59.7 Å². The van der Waals surface area contributed by atoms with Gasteiger partial charge in [0.1, 0.15) is 0 Å². The second kappa shape index (κ2) is 7.91. The van der Waals surface area contributed by atoms with E-state index >= 15 is 0 Å². The molecule has 0 bridgehead atoms. The summed E-state index contributed by atoms with van der Waals surface area (Å²) in [6, 6.07) is 6.63. The van der Waals surface area contributed by atoms with Crippen LogP contribution in [0.5, 0.6) is 0 Å². The predicted molar refractivity (Wildman–Crippen MR) is 88.3 cm³/mol. The monoisotopic (exact) mass is 382 g/mol. The van der Waals surface area contributed by atoms with Crippen molar-refractivity contribution >= 4 is 31.6 Å². The van der Waals surface area contributed by atoms with Crippen molar-refractivity contribution in [3.05, 3.63) is 34.9 Å². The van der Waals surface area contributed by atoms with Gasteiger partial charge in [0, 0.05) is 24.7 Å². The van der Waals surface area contributed by atoms with Crippen LogP contribution in [0.25, 0.3) is 0 Å². The number of morpholine rings is 1. The lowest BCUT2D eigenvalue weighted by molar-refractivity contribution is 0.0730. The molecule has 1 aromatic rings. The SMILES string of the molecule is O=S(=O)(Cc1ccccc1Cl)NCCS(=O)(=O)N1CCOCC1. The summed E-state index contributed by atoms with van der Waals surface area (Å²) in [5, 5.41) is 0.360. The number of halogens is 1. The van der Waals surface area contributed by atoms with E-state index in [1.807, 2.05) is 0 Å². The summed E-state index contributed by atoms with van der Waals surface area (Å²) in [7, 11) is -7.14. The molecule has 0 unspecified atom stereocenters. The van der Waals surface area contributed by atoms with E-state index in [4.69, 9.17) is 16.3 Å². The highest BCUT2D eigenvalue weighted by Crippen LogP contribution is 2.17. The van der Waals surface area contributed by atoms with Crippen LogP contribution < -0.4 is 4.72 Å². The molecule has 2 rings (SSSR count). The van der Waals surface area contributed by atoms with E-state index in [2.05, 4.69) is 4.72 Å². The molecule has 130 valence electrons. The lowest BCUT2D eigenvalue weighted by Gasteiger charge is -2.26. The molecule has 1 aliphatic rings. The van der Waals surface area contributed by atoms with Gasteiger partial charge in [-0.25, -0.2) is 21.6 Å². The molecule has 1 heterocycles. The Bertz CT molecular complexity index is 730. The Hall–Kier alpha value is -0.710. The zero-order valence-corrected chi connectivity index (χ0v) is 14.8. The van der Waals surface area contributed by atoms with Crippen molar-refractivity contribution in [2.45, 2.75) is 5.75 Å². The van der Waals surface area contributed by atoms with Crippen LogP contribution in [0.1, 0.15) is 5.56 Å². The van der Waals surface area contributed by atoms with Crippen molar-refractivity contribution in [3.8, 4) is 0 Å². The summed E-state index contributed by atoms with van der Waals surface area (Å²) >= 11 is 5.93. The molecule has 1 saturated heterocycles. The third-order valence-corrected chi connectivity index (χ3v) is 6.92. The molecule has 0 saturated carbocycles. The minimum Gasteiger partial charge on any atom is -0.379 e. The molecule has 7 nitrogen and oxygen atoms in total. The molecule has 10 heteroatoms. The maximum Gasteiger partial charge on any atom is 0.215 e. The van der Waals surface area contributed by atoms with Gasteiger partial charge >= 0.3 is 0 Å². The zero-order chi connectivity index (χ0) is 16.9. The highest BCUT2D eigenvalue weighted by atomic mass is 35.5. The van der Waals surface area contributed by atoms with Crippen molar-refractivity contribution in [1.82, 2.24) is 9.03 Å². The summed E-state index contributed by atoms with van der Waals surface area (Å²) < 4.78 is 57.0. The lowest BCUT2D eigenvalue weighted by atomic mass is 10.2. The molecule has 0 aromatic heterocycles. The van der Waals surface area contributed by atoms with Crippen LogP contribution in [0, 0.1) is 0 Å². The average Bonchev–Trinajstić information content (AvgIpc) is 2.50. The van der Waals surface area contributed by atoms with Gasteiger partial charge in [-0.1, -0.05) is 29.8 Å². The van der Waals surface area contributed by atoms with Crippen LogP contribution in [0.2, 0.25) is 5.02 Å². The van der Waals surface area contributed by atoms with Gasteiger partial charge in [0.05, 0.1) is 24.7 Å². The van der Waals surface area contributed by atoms with Crippen molar-refractivity contribution in [3.63, 3.8) is 0 Å². The van der Waals surface area contributed by atoms with E-state index in [-0.39, 0.29) is 18.1 Å². The Kier molecular flexibility index (Phi) is 6.40. The minimum absolute atomic E-state index is 0.174. The largest absolute Gasteiger partial charge is 0.379 e. The van der Waals surface area contributed by atoms with Crippen molar-refractivity contribution in [2.75, 3.05) is 38.6 Å². The molecule has 0 amide bonds. The number of nitrogens with zero attached hydrogens (tertiary/aromatic N) is 1. The van der Waals surface area contributed by atoms with Gasteiger partial charge < -0.3 is 4.74 Å². The maximum absolute atomic E-state index is 12.1. The summed E-state index contributed by atoms with van der Waals surface area (Å²) in [4.78, 5) is 0. The van der Waals surface area contributed by atoms with E-state index < -0.39 is 20.0 Å². The average molecular weight is 383 g/mol. The molecular formula is C13H19ClN2O5S2. The Morgan fingerprint density at radius 3 is 2.43 bits per heavy atom. The van der Waals surface area contributed by atoms with E-state index in [0.717, 1.165) is 0 Å². The summed E-state index contributed by atoms with van der Waals surface area (Å²) in [5.41, 5.74) is 0.470. The molecule has 1 fully saturated rings. The fraction of sp³-hybridized carbons (Fsp3) is 0.538. The Labute approximate surface area is 141 Å². The first-order chi connectivity index (χ1) is 10.8. The van der Waals surface area contributed by atoms with Crippen molar-refractivity contribution in [2.24, 2.45) is 0 Å². The topological polar surface area (TPSA) is 92.8 Å². The molecule has 0 atom stereocenters. The number of sulfonamides is 2. The molecule has 23 heavy (non-hydrogen) atoms. The Morgan fingerprint density at radius 1 is 1.13 bits per heavy atom. The van der Waals surface area contributed by atoms with E-state index in [9.17, 15) is 16.8 Å². The number of hydrogen-bond acceptors (Lipinski definition) is 5. The molecule has 1 aromatic carbocycles. The number of rotatable bonds is 7. The van der Waals surface area contributed by atoms with Gasteiger partial charge in [0.25, 0.3) is 0 Å². The zero-order valence-electron chi connectivity index (χ0n) is 12.4. The van der Waals surface area contributed by atoms with E-state index in [0.29, 0.717) is 36.9 Å². The van der Waals surface area contributed by atoms with Crippen LogP contribution >= 0.6 is 11.6 Å². The third kappa shape index (κ3) is 5.70. The summed E-state index contributed by atoms with van der Waals surface area (Å²) in [6.45, 7) is 1.14. The first-order valence-corrected chi connectivity index (χ1v) is 10.7. The van der Waals surface area contributed by atoms with Crippen molar-refractivity contribution < 1.29 is 21.6 Å². The number of nitrogens with one attached hydrogen (secondary N) is 1. The van der Waals surface area contributed by atoms with E-state index in [1.54, 1.807) is 24.3 Å². The standard InChI is InChI=1S/C13H19ClN2O5S2/c14-13-4-2-1-3-12(13)11-22(17,18)15-5-10-23(19,20)16-6-8-21-9-7-16/h1-4,15H,5-11H2. The summed E-state index contributed by atoms with van der Waals surface area (Å²) in [5.74, 6) is -0.570. The molecule has 1 aliphatic heterocycles. The number of benzene rings is 1. The van der Waals surface area contributed by atoms with Gasteiger partial charge in [-0.05, 0) is 11.6 Å². The first-order valence-electron chi connectivity index (χ1n) is 7.06. The van der Waals surface area contributed by atoms with Crippen LogP contribution in [-0.2, 0) is 30.5 Å².